The Morgan fingerprint density at radius 3 is 2.37 bits per heavy atom. The number of urea groups is 1. The van der Waals surface area contributed by atoms with Gasteiger partial charge in [0.15, 0.2) is 11.5 Å². The molecule has 3 aromatic carbocycles. The summed E-state index contributed by atoms with van der Waals surface area (Å²) in [6, 6.07) is 16.1. The minimum absolute atomic E-state index is 0.182. The lowest BCUT2D eigenvalue weighted by Gasteiger charge is -2.26. The second-order valence-electron chi connectivity index (χ2n) is 7.73. The maximum Gasteiger partial charge on any atom is 0.335 e. The van der Waals surface area contributed by atoms with Gasteiger partial charge in [0.25, 0.3) is 11.8 Å². The van der Waals surface area contributed by atoms with Gasteiger partial charge in [0.2, 0.25) is 0 Å². The second kappa shape index (κ2) is 10.2. The Kier molecular flexibility index (Phi) is 7.10. The van der Waals surface area contributed by atoms with Crippen LogP contribution in [0.3, 0.4) is 0 Å². The average molecular weight is 511 g/mol. The summed E-state index contributed by atoms with van der Waals surface area (Å²) >= 11 is 12.1. The maximum absolute atomic E-state index is 13.1. The summed E-state index contributed by atoms with van der Waals surface area (Å²) in [7, 11) is 1.48. The fraction of sp³-hybridized carbons (Fsp3) is 0.115. The molecule has 1 fully saturated rings. The molecule has 0 radical (unpaired) electrons. The minimum atomic E-state index is -0.803. The molecule has 7 nitrogen and oxygen atoms in total. The van der Waals surface area contributed by atoms with Crippen LogP contribution < -0.4 is 19.7 Å². The number of imide groups is 2. The number of halogens is 2. The molecule has 3 aromatic rings. The first-order valence-corrected chi connectivity index (χ1v) is 11.3. The number of nitrogens with zero attached hydrogens (tertiary/aromatic N) is 1. The highest BCUT2D eigenvalue weighted by molar-refractivity contribution is 6.39. The first-order valence-electron chi connectivity index (χ1n) is 10.5. The van der Waals surface area contributed by atoms with E-state index in [0.29, 0.717) is 32.8 Å². The summed E-state index contributed by atoms with van der Waals surface area (Å²) in [6.45, 7) is 2.07. The van der Waals surface area contributed by atoms with Crippen molar-refractivity contribution in [3.05, 3.63) is 93.0 Å². The van der Waals surface area contributed by atoms with Gasteiger partial charge in [-0.2, -0.15) is 0 Å². The van der Waals surface area contributed by atoms with Crippen molar-refractivity contribution in [2.24, 2.45) is 0 Å². The summed E-state index contributed by atoms with van der Waals surface area (Å²) in [4.78, 5) is 38.8. The van der Waals surface area contributed by atoms with Crippen LogP contribution in [-0.4, -0.2) is 25.0 Å². The van der Waals surface area contributed by atoms with Gasteiger partial charge in [-0.25, -0.2) is 9.69 Å². The maximum atomic E-state index is 13.1. The number of carbonyl (C=O) groups is 3. The first kappa shape index (κ1) is 24.3. The van der Waals surface area contributed by atoms with E-state index in [1.807, 2.05) is 6.92 Å². The number of methoxy groups -OCH3 is 1. The van der Waals surface area contributed by atoms with Crippen LogP contribution >= 0.6 is 23.2 Å². The fourth-order valence-corrected chi connectivity index (χ4v) is 3.90. The summed E-state index contributed by atoms with van der Waals surface area (Å²) in [6.07, 6.45) is 1.40. The zero-order valence-electron chi connectivity index (χ0n) is 18.8. The molecule has 0 bridgehead atoms. The average Bonchev–Trinajstić information content (AvgIpc) is 2.82. The van der Waals surface area contributed by atoms with Gasteiger partial charge in [0.05, 0.1) is 12.8 Å². The molecule has 0 aliphatic carbocycles. The number of barbiturate groups is 1. The molecule has 4 amide bonds. The van der Waals surface area contributed by atoms with Gasteiger partial charge >= 0.3 is 6.03 Å². The topological polar surface area (TPSA) is 84.9 Å². The number of benzene rings is 3. The summed E-state index contributed by atoms with van der Waals surface area (Å²) in [5.41, 5.74) is 2.40. The van der Waals surface area contributed by atoms with Crippen LogP contribution in [0, 0.1) is 6.92 Å². The number of hydrogen-bond donors (Lipinski definition) is 1. The van der Waals surface area contributed by atoms with Crippen molar-refractivity contribution in [3.8, 4) is 11.5 Å². The van der Waals surface area contributed by atoms with Crippen LogP contribution in [0.1, 0.15) is 16.7 Å². The van der Waals surface area contributed by atoms with Crippen molar-refractivity contribution in [2.45, 2.75) is 13.5 Å². The lowest BCUT2D eigenvalue weighted by atomic mass is 10.1. The molecule has 35 heavy (non-hydrogen) atoms. The van der Waals surface area contributed by atoms with Crippen molar-refractivity contribution in [1.82, 2.24) is 5.32 Å². The SMILES string of the molecule is COc1cc(C=C2C(=O)NC(=O)N(c3ccc(C)cc3)C2=O)ccc1OCc1ccc(Cl)cc1Cl. The molecule has 1 aliphatic heterocycles. The van der Waals surface area contributed by atoms with E-state index in [4.69, 9.17) is 32.7 Å². The standard InChI is InChI=1S/C26H20Cl2N2O5/c1-15-3-8-19(9-4-15)30-25(32)20(24(31)29-26(30)33)11-16-5-10-22(23(12-16)34-2)35-14-17-6-7-18(27)13-21(17)28/h3-13H,14H2,1-2H3,(H,29,31,33). The third kappa shape index (κ3) is 5.31. The van der Waals surface area contributed by atoms with Gasteiger partial charge in [0.1, 0.15) is 12.2 Å². The van der Waals surface area contributed by atoms with E-state index < -0.39 is 17.8 Å². The summed E-state index contributed by atoms with van der Waals surface area (Å²) < 4.78 is 11.3. The fourth-order valence-electron chi connectivity index (χ4n) is 3.44. The highest BCUT2D eigenvalue weighted by Crippen LogP contribution is 2.31. The quantitative estimate of drug-likeness (QED) is 0.346. The molecular weight excluding hydrogens is 491 g/mol. The predicted octanol–water partition coefficient (Wildman–Crippen LogP) is 5.56. The van der Waals surface area contributed by atoms with Crippen LogP contribution in [0.15, 0.2) is 66.2 Å². The van der Waals surface area contributed by atoms with Crippen LogP contribution in [0.4, 0.5) is 10.5 Å². The van der Waals surface area contributed by atoms with Crippen molar-refractivity contribution < 1.29 is 23.9 Å². The molecule has 0 spiro atoms. The van der Waals surface area contributed by atoms with Gasteiger partial charge in [-0.1, -0.05) is 53.0 Å². The molecule has 178 valence electrons. The van der Waals surface area contributed by atoms with Gasteiger partial charge in [0, 0.05) is 15.6 Å². The number of hydrogen-bond acceptors (Lipinski definition) is 5. The number of rotatable bonds is 6. The molecule has 0 atom stereocenters. The lowest BCUT2D eigenvalue weighted by Crippen LogP contribution is -2.54. The van der Waals surface area contributed by atoms with Crippen molar-refractivity contribution >= 4 is 52.8 Å². The number of ether oxygens (including phenoxy) is 2. The van der Waals surface area contributed by atoms with Crippen LogP contribution in [0.25, 0.3) is 6.08 Å². The molecule has 4 rings (SSSR count). The summed E-state index contributed by atoms with van der Waals surface area (Å²) in [5, 5.41) is 3.22. The van der Waals surface area contributed by atoms with Crippen molar-refractivity contribution in [3.63, 3.8) is 0 Å². The summed E-state index contributed by atoms with van der Waals surface area (Å²) in [5.74, 6) is -0.671. The normalized spacial score (nSPS) is 14.8. The number of amides is 4. The Labute approximate surface area is 211 Å². The van der Waals surface area contributed by atoms with Crippen molar-refractivity contribution in [1.29, 1.82) is 0 Å². The van der Waals surface area contributed by atoms with Crippen LogP contribution in [0.2, 0.25) is 10.0 Å². The Morgan fingerprint density at radius 1 is 0.943 bits per heavy atom. The van der Waals surface area contributed by atoms with E-state index in [1.165, 1.54) is 13.2 Å². The highest BCUT2D eigenvalue weighted by atomic mass is 35.5. The number of anilines is 1. The Hall–Kier alpha value is -3.81. The molecular formula is C26H20Cl2N2O5. The monoisotopic (exact) mass is 510 g/mol. The van der Waals surface area contributed by atoms with E-state index in [9.17, 15) is 14.4 Å². The number of carbonyl (C=O) groups excluding carboxylic acids is 3. The van der Waals surface area contributed by atoms with E-state index >= 15 is 0 Å². The zero-order chi connectivity index (χ0) is 25.1. The minimum Gasteiger partial charge on any atom is -0.493 e. The zero-order valence-corrected chi connectivity index (χ0v) is 20.3. The molecule has 0 saturated carbocycles. The van der Waals surface area contributed by atoms with Gasteiger partial charge in [-0.15, -0.1) is 0 Å². The van der Waals surface area contributed by atoms with E-state index in [0.717, 1.165) is 16.0 Å². The highest BCUT2D eigenvalue weighted by Gasteiger charge is 2.36. The number of nitrogens with one attached hydrogen (secondary N) is 1. The first-order chi connectivity index (χ1) is 16.8. The predicted molar refractivity (Wildman–Crippen MR) is 134 cm³/mol. The van der Waals surface area contributed by atoms with Crippen LogP contribution in [-0.2, 0) is 16.2 Å². The molecule has 1 N–H and O–H groups in total. The van der Waals surface area contributed by atoms with Crippen molar-refractivity contribution in [2.75, 3.05) is 12.0 Å². The molecule has 1 heterocycles. The largest absolute Gasteiger partial charge is 0.493 e. The van der Waals surface area contributed by atoms with Gasteiger partial charge < -0.3 is 9.47 Å². The Morgan fingerprint density at radius 2 is 1.69 bits per heavy atom. The second-order valence-corrected chi connectivity index (χ2v) is 8.57. The molecule has 1 aliphatic rings. The van der Waals surface area contributed by atoms with E-state index in [2.05, 4.69) is 5.32 Å². The van der Waals surface area contributed by atoms with Gasteiger partial charge in [-0.05, 0) is 55.0 Å². The third-order valence-electron chi connectivity index (χ3n) is 5.29. The molecule has 0 unspecified atom stereocenters. The van der Waals surface area contributed by atoms with E-state index in [-0.39, 0.29) is 12.2 Å². The molecule has 9 heteroatoms. The molecule has 1 saturated heterocycles. The van der Waals surface area contributed by atoms with Crippen LogP contribution in [0.5, 0.6) is 11.5 Å². The van der Waals surface area contributed by atoms with E-state index in [1.54, 1.807) is 60.7 Å². The lowest BCUT2D eigenvalue weighted by molar-refractivity contribution is -0.122. The molecule has 0 aromatic heterocycles. The smallest absolute Gasteiger partial charge is 0.335 e. The number of aryl methyl sites for hydroxylation is 1. The Bertz CT molecular complexity index is 1350. The van der Waals surface area contributed by atoms with Gasteiger partial charge in [-0.3, -0.25) is 14.9 Å². The third-order valence-corrected chi connectivity index (χ3v) is 5.88. The Balaban J connectivity index is 1.59.